The van der Waals surface area contributed by atoms with Crippen LogP contribution in [0.4, 0.5) is 5.69 Å². The molecule has 1 aliphatic heterocycles. The number of carbonyl (C=O) groups excluding carboxylic acids is 2. The average Bonchev–Trinajstić information content (AvgIpc) is 3.15. The summed E-state index contributed by atoms with van der Waals surface area (Å²) in [7, 11) is 1.37. The molecule has 1 N–H and O–H groups in total. The van der Waals surface area contributed by atoms with Crippen molar-refractivity contribution in [2.75, 3.05) is 25.5 Å². The Morgan fingerprint density at radius 3 is 2.28 bits per heavy atom. The number of hydrogen-bond acceptors (Lipinski definition) is 4. The number of benzene rings is 1. The second kappa shape index (κ2) is 12.4. The van der Waals surface area contributed by atoms with Gasteiger partial charge in [0.1, 0.15) is 11.4 Å². The van der Waals surface area contributed by atoms with E-state index in [4.69, 9.17) is 4.74 Å². The molecular weight excluding hydrogens is 497 g/mol. The quantitative estimate of drug-likeness (QED) is 0.370. The van der Waals surface area contributed by atoms with Crippen molar-refractivity contribution in [2.24, 2.45) is 0 Å². The fourth-order valence-corrected chi connectivity index (χ4v) is 5.76. The maximum atomic E-state index is 13.6. The fourth-order valence-electron chi connectivity index (χ4n) is 4.84. The molecule has 0 bridgehead atoms. The molecule has 1 saturated heterocycles. The van der Waals surface area contributed by atoms with Gasteiger partial charge in [0.05, 0.1) is 25.9 Å². The third-order valence-corrected chi connectivity index (χ3v) is 7.66. The maximum Gasteiger partial charge on any atom is 0.350 e. The number of likely N-dealkylation sites (tertiary alicyclic amines) is 1. The third kappa shape index (κ3) is 6.08. The second-order valence-electron chi connectivity index (χ2n) is 8.58. The van der Waals surface area contributed by atoms with Crippen LogP contribution in [-0.2, 0) is 55.2 Å². The van der Waals surface area contributed by atoms with Crippen LogP contribution in [0.1, 0.15) is 65.9 Å². The van der Waals surface area contributed by atoms with Gasteiger partial charge in [0, 0.05) is 44.7 Å². The van der Waals surface area contributed by atoms with Crippen LogP contribution in [0.5, 0.6) is 0 Å². The van der Waals surface area contributed by atoms with Crippen molar-refractivity contribution in [1.29, 1.82) is 0 Å². The summed E-state index contributed by atoms with van der Waals surface area (Å²) in [4.78, 5) is 26.2. The molecule has 2 heterocycles. The van der Waals surface area contributed by atoms with E-state index in [1.807, 2.05) is 12.3 Å². The van der Waals surface area contributed by atoms with Crippen LogP contribution in [0.15, 0.2) is 29.6 Å². The van der Waals surface area contributed by atoms with Crippen molar-refractivity contribution >= 4 is 28.9 Å². The van der Waals surface area contributed by atoms with Crippen molar-refractivity contribution in [3.63, 3.8) is 0 Å². The summed E-state index contributed by atoms with van der Waals surface area (Å²) in [6, 6.07) is 8.69. The number of amides is 1. The Kier molecular flexibility index (Phi) is 10.5. The summed E-state index contributed by atoms with van der Waals surface area (Å²) in [6.07, 6.45) is 5.30. The monoisotopic (exact) mass is 532 g/mol. The molecule has 1 aromatic carbocycles. The molecule has 0 spiro atoms. The Morgan fingerprint density at radius 1 is 1.09 bits per heavy atom. The number of anilines is 1. The second-order valence-corrected chi connectivity index (χ2v) is 9.46. The van der Waals surface area contributed by atoms with Gasteiger partial charge < -0.3 is 14.5 Å². The zero-order valence-corrected chi connectivity index (χ0v) is 23.4. The van der Waals surface area contributed by atoms with Gasteiger partial charge in [-0.1, -0.05) is 38.1 Å². The molecule has 2 aromatic rings. The van der Waals surface area contributed by atoms with Crippen molar-refractivity contribution in [3.8, 4) is 0 Å². The van der Waals surface area contributed by atoms with Gasteiger partial charge in [-0.2, -0.15) is 0 Å². The third-order valence-electron chi connectivity index (χ3n) is 6.58. The van der Waals surface area contributed by atoms with E-state index in [0.717, 1.165) is 55.4 Å². The van der Waals surface area contributed by atoms with Crippen LogP contribution in [0, 0.1) is 6.92 Å². The number of nitrogens with zero attached hydrogens (tertiary/aromatic N) is 1. The molecule has 7 heteroatoms. The van der Waals surface area contributed by atoms with Gasteiger partial charge in [-0.15, -0.1) is 11.3 Å². The summed E-state index contributed by atoms with van der Waals surface area (Å²) in [5.74, 6) is -0.402. The van der Waals surface area contributed by atoms with Gasteiger partial charge in [-0.25, -0.2) is 4.79 Å². The van der Waals surface area contributed by atoms with Gasteiger partial charge in [-0.3, -0.25) is 4.79 Å². The molecule has 0 aliphatic carbocycles. The molecule has 1 atom stereocenters. The molecule has 1 amide bonds. The minimum atomic E-state index is -0.403. The minimum absolute atomic E-state index is 0. The van der Waals surface area contributed by atoms with Crippen LogP contribution >= 0.6 is 11.3 Å². The number of aryl methyl sites for hydroxylation is 2. The fraction of sp³-hybridized carbons (Fsp3) is 0.520. The first kappa shape index (κ1) is 27.2. The Bertz CT molecular complexity index is 904. The first-order chi connectivity index (χ1) is 14.9. The number of ether oxygens (including phenoxy) is 1. The number of carbonyl (C=O) groups is 2. The van der Waals surface area contributed by atoms with Crippen LogP contribution in [0.3, 0.4) is 0 Å². The maximum absolute atomic E-state index is 13.6. The first-order valence-electron chi connectivity index (χ1n) is 11.3. The van der Waals surface area contributed by atoms with Crippen molar-refractivity contribution in [2.45, 2.75) is 65.5 Å². The summed E-state index contributed by atoms with van der Waals surface area (Å²) in [5, 5.41) is 5.00. The molecule has 1 fully saturated rings. The number of esters is 1. The molecular formula is C25H35N2O3SY+. The average molecular weight is 533 g/mol. The molecule has 3 rings (SSSR count). The molecule has 171 valence electrons. The van der Waals surface area contributed by atoms with Crippen molar-refractivity contribution in [1.82, 2.24) is 0 Å². The normalized spacial score (nSPS) is 16.0. The smallest absolute Gasteiger partial charge is 0.350 e. The standard InChI is InChI=1S/C25H34N2O3S.Y/c1-5-19-10-12-20(13-11-19)16-27(14-8-7-9-15-27)21(6-2)24(28)26-22-18(3)17-31-23(22)25(29)30-4;/h10-13,17,21H,5-9,14-16H2,1-4H3;/p+1. The number of piperidine rings is 1. The zero-order chi connectivity index (χ0) is 22.4. The minimum Gasteiger partial charge on any atom is -0.465 e. The van der Waals surface area contributed by atoms with E-state index in [1.165, 1.54) is 36.0 Å². The Balaban J connectivity index is 0.00000363. The van der Waals surface area contributed by atoms with E-state index in [0.29, 0.717) is 10.6 Å². The number of thiophene rings is 1. The van der Waals surface area contributed by atoms with Gasteiger partial charge in [-0.05, 0) is 49.1 Å². The predicted octanol–water partition coefficient (Wildman–Crippen LogP) is 5.32. The van der Waals surface area contributed by atoms with E-state index < -0.39 is 5.97 Å². The molecule has 32 heavy (non-hydrogen) atoms. The molecule has 1 radical (unpaired) electrons. The van der Waals surface area contributed by atoms with Gasteiger partial charge in [0.2, 0.25) is 0 Å². The number of nitrogens with one attached hydrogen (secondary N) is 1. The van der Waals surface area contributed by atoms with Crippen molar-refractivity contribution < 1.29 is 51.5 Å². The summed E-state index contributed by atoms with van der Waals surface area (Å²) in [5.41, 5.74) is 4.12. The molecule has 0 saturated carbocycles. The number of hydrogen-bond donors (Lipinski definition) is 1. The first-order valence-corrected chi connectivity index (χ1v) is 12.2. The summed E-state index contributed by atoms with van der Waals surface area (Å²) < 4.78 is 5.69. The SMILES string of the molecule is CCc1ccc(C[N+]2(C(CC)C(=O)Nc3c(C)csc3C(=O)OC)CCCCC2)cc1.[Y]. The molecule has 1 aliphatic rings. The topological polar surface area (TPSA) is 55.4 Å². The van der Waals surface area contributed by atoms with E-state index in [1.54, 1.807) is 0 Å². The summed E-state index contributed by atoms with van der Waals surface area (Å²) >= 11 is 1.32. The summed E-state index contributed by atoms with van der Waals surface area (Å²) in [6.45, 7) is 9.06. The van der Waals surface area contributed by atoms with Crippen LogP contribution < -0.4 is 5.32 Å². The Hall–Kier alpha value is -1.08. The van der Waals surface area contributed by atoms with E-state index in [-0.39, 0.29) is 44.7 Å². The van der Waals surface area contributed by atoms with Gasteiger partial charge in [0.15, 0.2) is 6.04 Å². The van der Waals surface area contributed by atoms with E-state index in [9.17, 15) is 9.59 Å². The van der Waals surface area contributed by atoms with Crippen molar-refractivity contribution in [3.05, 3.63) is 51.2 Å². The van der Waals surface area contributed by atoms with Crippen LogP contribution in [-0.4, -0.2) is 42.6 Å². The van der Waals surface area contributed by atoms with Crippen LogP contribution in [0.2, 0.25) is 0 Å². The molecule has 5 nitrogen and oxygen atoms in total. The number of methoxy groups -OCH3 is 1. The Labute approximate surface area is 221 Å². The van der Waals surface area contributed by atoms with Gasteiger partial charge in [0.25, 0.3) is 5.91 Å². The largest absolute Gasteiger partial charge is 0.465 e. The van der Waals surface area contributed by atoms with E-state index in [2.05, 4.69) is 43.4 Å². The number of quaternary nitrogens is 1. The van der Waals surface area contributed by atoms with Crippen LogP contribution in [0.25, 0.3) is 0 Å². The van der Waals surface area contributed by atoms with Gasteiger partial charge >= 0.3 is 5.97 Å². The zero-order valence-electron chi connectivity index (χ0n) is 19.8. The molecule has 1 unspecified atom stereocenters. The Morgan fingerprint density at radius 2 is 1.72 bits per heavy atom. The van der Waals surface area contributed by atoms with E-state index >= 15 is 0 Å². The number of rotatable bonds is 8. The molecule has 1 aromatic heterocycles. The predicted molar refractivity (Wildman–Crippen MR) is 126 cm³/mol.